The van der Waals surface area contributed by atoms with Gasteiger partial charge in [-0.3, -0.25) is 4.79 Å². The number of hydrogen-bond donors (Lipinski definition) is 1. The summed E-state index contributed by atoms with van der Waals surface area (Å²) in [6.07, 6.45) is 0.996. The molecule has 1 heterocycles. The minimum Gasteiger partial charge on any atom is -0.478 e. The minimum absolute atomic E-state index is 0.141. The lowest BCUT2D eigenvalue weighted by Crippen LogP contribution is -2.42. The normalized spacial score (nSPS) is 18.3. The summed E-state index contributed by atoms with van der Waals surface area (Å²) in [5.74, 6) is -1.98. The van der Waals surface area contributed by atoms with E-state index in [1.807, 2.05) is 0 Å². The van der Waals surface area contributed by atoms with Gasteiger partial charge in [-0.15, -0.1) is 0 Å². The van der Waals surface area contributed by atoms with Crippen molar-refractivity contribution in [3.63, 3.8) is 0 Å². The first-order chi connectivity index (χ1) is 16.4. The Morgan fingerprint density at radius 3 is 2.40 bits per heavy atom. The summed E-state index contributed by atoms with van der Waals surface area (Å²) >= 11 is 0. The molecule has 35 heavy (non-hydrogen) atoms. The molecular formula is C26H29F3N2O4. The van der Waals surface area contributed by atoms with E-state index in [9.17, 15) is 27.9 Å². The Hall–Kier alpha value is -3.36. The van der Waals surface area contributed by atoms with E-state index in [2.05, 4.69) is 18.5 Å². The van der Waals surface area contributed by atoms with Crippen LogP contribution in [-0.2, 0) is 11.0 Å². The molecule has 1 aliphatic carbocycles. The van der Waals surface area contributed by atoms with Crippen LogP contribution < -0.4 is 9.64 Å². The highest BCUT2D eigenvalue weighted by molar-refractivity contribution is 6.03. The summed E-state index contributed by atoms with van der Waals surface area (Å²) in [6, 6.07) is 4.39. The zero-order valence-electron chi connectivity index (χ0n) is 19.9. The Morgan fingerprint density at radius 2 is 1.86 bits per heavy atom. The van der Waals surface area contributed by atoms with Gasteiger partial charge in [0.05, 0.1) is 11.3 Å². The predicted molar refractivity (Wildman–Crippen MR) is 127 cm³/mol. The van der Waals surface area contributed by atoms with Crippen LogP contribution in [0.5, 0.6) is 11.6 Å². The van der Waals surface area contributed by atoms with Crippen LogP contribution in [0.15, 0.2) is 37.0 Å². The summed E-state index contributed by atoms with van der Waals surface area (Å²) in [5.41, 5.74) is -1.02. The first-order valence-corrected chi connectivity index (χ1v) is 11.5. The Bertz CT molecular complexity index is 1110. The first kappa shape index (κ1) is 26.2. The van der Waals surface area contributed by atoms with E-state index in [1.54, 1.807) is 13.8 Å². The third-order valence-corrected chi connectivity index (χ3v) is 6.20. The summed E-state index contributed by atoms with van der Waals surface area (Å²) in [4.78, 5) is 30.7. The van der Waals surface area contributed by atoms with Crippen molar-refractivity contribution in [2.24, 2.45) is 11.8 Å². The van der Waals surface area contributed by atoms with Gasteiger partial charge in [0, 0.05) is 18.2 Å². The fraction of sp³-hybridized carbons (Fsp3) is 0.423. The molecule has 1 amide bonds. The van der Waals surface area contributed by atoms with Crippen molar-refractivity contribution in [3.05, 3.63) is 53.7 Å². The number of carboxylic acids is 1. The molecule has 9 heteroatoms. The number of anilines is 1. The first-order valence-electron chi connectivity index (χ1n) is 11.5. The number of pyridine rings is 1. The smallest absolute Gasteiger partial charge is 0.421 e. The van der Waals surface area contributed by atoms with Crippen molar-refractivity contribution in [3.8, 4) is 11.6 Å². The Labute approximate surface area is 202 Å². The molecule has 1 aromatic heterocycles. The van der Waals surface area contributed by atoms with Crippen molar-refractivity contribution in [1.29, 1.82) is 0 Å². The van der Waals surface area contributed by atoms with E-state index in [0.717, 1.165) is 37.8 Å². The fourth-order valence-electron chi connectivity index (χ4n) is 4.29. The molecule has 0 unspecified atom stereocenters. The molecule has 0 aliphatic heterocycles. The lowest BCUT2D eigenvalue weighted by molar-refractivity contribution is -0.139. The van der Waals surface area contributed by atoms with Crippen LogP contribution in [-0.4, -0.2) is 28.0 Å². The van der Waals surface area contributed by atoms with E-state index in [0.29, 0.717) is 5.92 Å². The number of aromatic nitrogens is 1. The number of carbonyl (C=O) groups is 2. The molecule has 1 N–H and O–H groups in total. The molecule has 1 fully saturated rings. The average Bonchev–Trinajstić information content (AvgIpc) is 2.79. The summed E-state index contributed by atoms with van der Waals surface area (Å²) in [6.45, 7) is 9.17. The molecule has 0 saturated heterocycles. The third kappa shape index (κ3) is 6.01. The minimum atomic E-state index is -4.74. The second-order valence-electron chi connectivity index (χ2n) is 9.17. The van der Waals surface area contributed by atoms with Crippen molar-refractivity contribution in [2.75, 3.05) is 4.90 Å². The Kier molecular flexibility index (Phi) is 7.87. The predicted octanol–water partition coefficient (Wildman–Crippen LogP) is 6.80. The lowest BCUT2D eigenvalue weighted by Gasteiger charge is -2.34. The highest BCUT2D eigenvalue weighted by Crippen LogP contribution is 2.39. The highest BCUT2D eigenvalue weighted by Gasteiger charge is 2.36. The summed E-state index contributed by atoms with van der Waals surface area (Å²) in [7, 11) is 0. The number of ether oxygens (including phenoxy) is 1. The van der Waals surface area contributed by atoms with Crippen LogP contribution in [0.3, 0.4) is 0 Å². The number of aromatic carboxylic acids is 1. The number of hydrogen-bond acceptors (Lipinski definition) is 4. The van der Waals surface area contributed by atoms with Gasteiger partial charge < -0.3 is 14.7 Å². The quantitative estimate of drug-likeness (QED) is 0.462. The van der Waals surface area contributed by atoms with E-state index in [-0.39, 0.29) is 40.4 Å². The van der Waals surface area contributed by atoms with Gasteiger partial charge in [-0.25, -0.2) is 9.78 Å². The second-order valence-corrected chi connectivity index (χ2v) is 9.17. The van der Waals surface area contributed by atoms with Crippen LogP contribution in [0.1, 0.15) is 67.9 Å². The number of amides is 1. The maximum absolute atomic E-state index is 13.5. The lowest BCUT2D eigenvalue weighted by atomic mass is 9.82. The zero-order valence-corrected chi connectivity index (χ0v) is 19.9. The molecule has 1 aromatic carbocycles. The van der Waals surface area contributed by atoms with Crippen molar-refractivity contribution >= 4 is 23.6 Å². The third-order valence-electron chi connectivity index (χ3n) is 6.20. The number of alkyl halides is 3. The largest absolute Gasteiger partial charge is 0.478 e. The van der Waals surface area contributed by atoms with Crippen LogP contribution in [0, 0.1) is 11.8 Å². The van der Waals surface area contributed by atoms with Gasteiger partial charge in [0.15, 0.2) is 0 Å². The second kappa shape index (κ2) is 10.5. The molecule has 0 atom stereocenters. The monoisotopic (exact) mass is 490 g/mol. The standard InChI is InChI=1S/C26H29F3N2O4/c1-5-17-12-21(26(27,28)29)23(30-14-17)35-19-10-11-22(20(13-19)25(33)34)31(15(2)3)24(32)18-8-6-16(4)7-9-18/h5,10-16,18H,1,6-9H2,2-4H3,(H,33,34). The molecule has 6 nitrogen and oxygen atoms in total. The van der Waals surface area contributed by atoms with Gasteiger partial charge in [-0.2, -0.15) is 13.2 Å². The van der Waals surface area contributed by atoms with Gasteiger partial charge in [-0.05, 0) is 75.3 Å². The topological polar surface area (TPSA) is 79.7 Å². The van der Waals surface area contributed by atoms with Crippen molar-refractivity contribution in [1.82, 2.24) is 4.98 Å². The summed E-state index contributed by atoms with van der Waals surface area (Å²) in [5, 5.41) is 9.87. The van der Waals surface area contributed by atoms with E-state index >= 15 is 0 Å². The van der Waals surface area contributed by atoms with Crippen molar-refractivity contribution in [2.45, 2.75) is 58.7 Å². The maximum Gasteiger partial charge on any atom is 0.421 e. The van der Waals surface area contributed by atoms with Gasteiger partial charge in [0.25, 0.3) is 0 Å². The van der Waals surface area contributed by atoms with Crippen LogP contribution in [0.25, 0.3) is 6.08 Å². The van der Waals surface area contributed by atoms with Gasteiger partial charge >= 0.3 is 12.1 Å². The molecule has 0 radical (unpaired) electrons. The number of halogens is 3. The highest BCUT2D eigenvalue weighted by atomic mass is 19.4. The van der Waals surface area contributed by atoms with Crippen LogP contribution >= 0.6 is 0 Å². The van der Waals surface area contributed by atoms with Crippen LogP contribution in [0.2, 0.25) is 0 Å². The van der Waals surface area contributed by atoms with E-state index < -0.39 is 23.6 Å². The molecule has 3 rings (SSSR count). The van der Waals surface area contributed by atoms with Crippen molar-refractivity contribution < 1.29 is 32.6 Å². The summed E-state index contributed by atoms with van der Waals surface area (Å²) < 4.78 is 46.0. The molecule has 188 valence electrons. The number of benzene rings is 1. The molecule has 0 bridgehead atoms. The zero-order chi connectivity index (χ0) is 25.9. The number of carboxylic acid groups (broad SMARTS) is 1. The van der Waals surface area contributed by atoms with Gasteiger partial charge in [-0.1, -0.05) is 19.6 Å². The molecule has 2 aromatic rings. The SMILES string of the molecule is C=Cc1cnc(Oc2ccc(N(C(=O)C3CCC(C)CC3)C(C)C)c(C(=O)O)c2)c(C(F)(F)F)c1. The molecule has 0 spiro atoms. The van der Waals surface area contributed by atoms with Gasteiger partial charge in [0.1, 0.15) is 11.3 Å². The fourth-order valence-corrected chi connectivity index (χ4v) is 4.29. The molecule has 1 aliphatic rings. The Morgan fingerprint density at radius 1 is 1.20 bits per heavy atom. The number of rotatable bonds is 7. The van der Waals surface area contributed by atoms with Gasteiger partial charge in [0.2, 0.25) is 11.8 Å². The number of nitrogens with zero attached hydrogens (tertiary/aromatic N) is 2. The van der Waals surface area contributed by atoms with E-state index in [1.165, 1.54) is 29.3 Å². The number of carbonyl (C=O) groups excluding carboxylic acids is 1. The van der Waals surface area contributed by atoms with Crippen LogP contribution in [0.4, 0.5) is 18.9 Å². The molecule has 1 saturated carbocycles. The maximum atomic E-state index is 13.5. The molecular weight excluding hydrogens is 461 g/mol. The Balaban J connectivity index is 1.98. The van der Waals surface area contributed by atoms with E-state index in [4.69, 9.17) is 4.74 Å². The average molecular weight is 491 g/mol.